The van der Waals surface area contributed by atoms with Crippen LogP contribution in [-0.2, 0) is 0 Å². The summed E-state index contributed by atoms with van der Waals surface area (Å²) in [7, 11) is 0. The number of H-pyrrole nitrogens is 1. The molecule has 0 aliphatic carbocycles. The van der Waals surface area contributed by atoms with Crippen molar-refractivity contribution in [2.24, 2.45) is 0 Å². The fourth-order valence-corrected chi connectivity index (χ4v) is 3.89. The van der Waals surface area contributed by atoms with Gasteiger partial charge in [-0.25, -0.2) is 4.98 Å². The second kappa shape index (κ2) is 8.23. The monoisotopic (exact) mass is 385 g/mol. The molecule has 0 amide bonds. The number of aromatic amines is 1. The van der Waals surface area contributed by atoms with Crippen LogP contribution in [0.3, 0.4) is 0 Å². The van der Waals surface area contributed by atoms with E-state index >= 15 is 0 Å². The number of aryl methyl sites for hydroxylation is 1. The molecule has 138 valence electrons. The van der Waals surface area contributed by atoms with Crippen molar-refractivity contribution < 1.29 is 4.79 Å². The van der Waals surface area contributed by atoms with E-state index in [1.165, 1.54) is 17.3 Å². The van der Waals surface area contributed by atoms with Gasteiger partial charge >= 0.3 is 0 Å². The van der Waals surface area contributed by atoms with Crippen LogP contribution in [0.15, 0.2) is 90.1 Å². The molecule has 1 N–H and O–H groups in total. The van der Waals surface area contributed by atoms with E-state index in [2.05, 4.69) is 15.2 Å². The minimum atomic E-state index is -0.412. The van der Waals surface area contributed by atoms with Gasteiger partial charge in [-0.2, -0.15) is 0 Å². The van der Waals surface area contributed by atoms with Gasteiger partial charge in [-0.1, -0.05) is 102 Å². The lowest BCUT2D eigenvalue weighted by molar-refractivity contribution is 0.0989. The molecule has 5 heteroatoms. The SMILES string of the molecule is Cc1ccc(-c2nc(S[C@@H](C(=O)c3ccccc3)c3ccccc3)n[nH]2)cc1. The van der Waals surface area contributed by atoms with Crippen LogP contribution >= 0.6 is 11.8 Å². The van der Waals surface area contributed by atoms with Crippen LogP contribution in [-0.4, -0.2) is 21.0 Å². The first-order valence-electron chi connectivity index (χ1n) is 9.01. The van der Waals surface area contributed by atoms with Crippen molar-refractivity contribution in [1.82, 2.24) is 15.2 Å². The largest absolute Gasteiger partial charge is 0.293 e. The van der Waals surface area contributed by atoms with E-state index in [9.17, 15) is 4.79 Å². The lowest BCUT2D eigenvalue weighted by Crippen LogP contribution is -2.10. The number of ketones is 1. The Morgan fingerprint density at radius 2 is 1.54 bits per heavy atom. The summed E-state index contributed by atoms with van der Waals surface area (Å²) < 4.78 is 0. The van der Waals surface area contributed by atoms with Crippen LogP contribution in [0.4, 0.5) is 0 Å². The van der Waals surface area contributed by atoms with Crippen LogP contribution in [0, 0.1) is 6.92 Å². The van der Waals surface area contributed by atoms with Crippen molar-refractivity contribution >= 4 is 17.5 Å². The highest BCUT2D eigenvalue weighted by molar-refractivity contribution is 8.00. The topological polar surface area (TPSA) is 58.6 Å². The average molecular weight is 385 g/mol. The van der Waals surface area contributed by atoms with E-state index in [4.69, 9.17) is 0 Å². The Bertz CT molecular complexity index is 1060. The standard InChI is InChI=1S/C23H19N3OS/c1-16-12-14-19(15-13-16)22-24-23(26-25-22)28-21(18-10-6-3-7-11-18)20(27)17-8-4-2-5-9-17/h2-15,21H,1H3,(H,24,25,26)/t21-/m1/s1. The first-order valence-corrected chi connectivity index (χ1v) is 9.89. The quantitative estimate of drug-likeness (QED) is 0.352. The Morgan fingerprint density at radius 3 is 2.21 bits per heavy atom. The molecule has 28 heavy (non-hydrogen) atoms. The van der Waals surface area contributed by atoms with Crippen molar-refractivity contribution in [3.05, 3.63) is 102 Å². The van der Waals surface area contributed by atoms with E-state index in [1.54, 1.807) is 0 Å². The number of hydrogen-bond acceptors (Lipinski definition) is 4. The molecule has 0 radical (unpaired) electrons. The lowest BCUT2D eigenvalue weighted by atomic mass is 10.0. The summed E-state index contributed by atoms with van der Waals surface area (Å²) in [4.78, 5) is 17.8. The summed E-state index contributed by atoms with van der Waals surface area (Å²) in [5.41, 5.74) is 3.77. The molecule has 4 rings (SSSR count). The summed E-state index contributed by atoms with van der Waals surface area (Å²) in [5.74, 6) is 0.736. The van der Waals surface area contributed by atoms with E-state index in [1.807, 2.05) is 91.9 Å². The van der Waals surface area contributed by atoms with Gasteiger partial charge in [-0.05, 0) is 12.5 Å². The molecule has 0 saturated carbocycles. The van der Waals surface area contributed by atoms with Gasteiger partial charge in [0.25, 0.3) is 0 Å². The van der Waals surface area contributed by atoms with E-state index in [0.29, 0.717) is 16.5 Å². The van der Waals surface area contributed by atoms with Crippen molar-refractivity contribution in [2.75, 3.05) is 0 Å². The molecule has 0 saturated heterocycles. The van der Waals surface area contributed by atoms with E-state index < -0.39 is 5.25 Å². The van der Waals surface area contributed by atoms with Crippen LogP contribution in [0.1, 0.15) is 26.7 Å². The van der Waals surface area contributed by atoms with Crippen molar-refractivity contribution in [3.8, 4) is 11.4 Å². The number of benzene rings is 3. The predicted molar refractivity (Wildman–Crippen MR) is 112 cm³/mol. The Labute approximate surface area is 168 Å². The molecule has 0 aliphatic rings. The normalized spacial score (nSPS) is 11.9. The maximum Gasteiger partial charge on any atom is 0.209 e. The molecule has 0 spiro atoms. The Hall–Kier alpha value is -3.18. The average Bonchev–Trinajstić information content (AvgIpc) is 3.22. The molecule has 1 aromatic heterocycles. The third kappa shape index (κ3) is 4.05. The third-order valence-electron chi connectivity index (χ3n) is 4.41. The molecule has 1 atom stereocenters. The Kier molecular flexibility index (Phi) is 5.35. The van der Waals surface area contributed by atoms with Gasteiger partial charge in [0.15, 0.2) is 11.6 Å². The molecule has 3 aromatic carbocycles. The zero-order valence-corrected chi connectivity index (χ0v) is 16.2. The van der Waals surface area contributed by atoms with Crippen LogP contribution in [0.25, 0.3) is 11.4 Å². The first kappa shape index (κ1) is 18.2. The van der Waals surface area contributed by atoms with E-state index in [0.717, 1.165) is 11.1 Å². The second-order valence-electron chi connectivity index (χ2n) is 6.47. The molecule has 4 aromatic rings. The number of hydrogen-bond donors (Lipinski definition) is 1. The fourth-order valence-electron chi connectivity index (χ4n) is 2.90. The Balaban J connectivity index is 1.63. The van der Waals surface area contributed by atoms with Gasteiger partial charge < -0.3 is 0 Å². The zero-order valence-electron chi connectivity index (χ0n) is 15.4. The number of carbonyl (C=O) groups excluding carboxylic acids is 1. The fraction of sp³-hybridized carbons (Fsp3) is 0.0870. The minimum Gasteiger partial charge on any atom is -0.293 e. The molecule has 0 bridgehead atoms. The van der Waals surface area contributed by atoms with Crippen molar-refractivity contribution in [3.63, 3.8) is 0 Å². The highest BCUT2D eigenvalue weighted by atomic mass is 32.2. The number of rotatable bonds is 6. The summed E-state index contributed by atoms with van der Waals surface area (Å²) >= 11 is 1.36. The van der Waals surface area contributed by atoms with Crippen molar-refractivity contribution in [2.45, 2.75) is 17.3 Å². The minimum absolute atomic E-state index is 0.0403. The molecular formula is C23H19N3OS. The Morgan fingerprint density at radius 1 is 0.893 bits per heavy atom. The molecule has 0 aliphatic heterocycles. The summed E-state index contributed by atoms with van der Waals surface area (Å²) in [6.07, 6.45) is 0. The van der Waals surface area contributed by atoms with Gasteiger partial charge in [0, 0.05) is 11.1 Å². The maximum absolute atomic E-state index is 13.2. The number of nitrogens with one attached hydrogen (secondary N) is 1. The van der Waals surface area contributed by atoms with Gasteiger partial charge in [-0.15, -0.1) is 5.10 Å². The van der Waals surface area contributed by atoms with Crippen LogP contribution < -0.4 is 0 Å². The molecule has 1 heterocycles. The maximum atomic E-state index is 13.2. The third-order valence-corrected chi connectivity index (χ3v) is 5.53. The summed E-state index contributed by atoms with van der Waals surface area (Å²) in [5, 5.41) is 7.45. The van der Waals surface area contributed by atoms with Gasteiger partial charge in [0.05, 0.1) is 0 Å². The molecule has 4 nitrogen and oxygen atoms in total. The smallest absolute Gasteiger partial charge is 0.209 e. The van der Waals surface area contributed by atoms with Crippen molar-refractivity contribution in [1.29, 1.82) is 0 Å². The van der Waals surface area contributed by atoms with Gasteiger partial charge in [-0.3, -0.25) is 9.89 Å². The van der Waals surface area contributed by atoms with Gasteiger partial charge in [0.1, 0.15) is 5.25 Å². The number of thioether (sulfide) groups is 1. The molecule has 0 fully saturated rings. The highest BCUT2D eigenvalue weighted by Gasteiger charge is 2.25. The van der Waals surface area contributed by atoms with Crippen LogP contribution in [0.2, 0.25) is 0 Å². The number of nitrogens with zero attached hydrogens (tertiary/aromatic N) is 2. The number of aromatic nitrogens is 3. The number of Topliss-reactive ketones (excluding diaryl/α,β-unsaturated/α-hetero) is 1. The predicted octanol–water partition coefficient (Wildman–Crippen LogP) is 5.50. The molecular weight excluding hydrogens is 366 g/mol. The summed E-state index contributed by atoms with van der Waals surface area (Å²) in [6, 6.07) is 27.2. The second-order valence-corrected chi connectivity index (χ2v) is 7.54. The van der Waals surface area contributed by atoms with Crippen LogP contribution in [0.5, 0.6) is 0 Å². The van der Waals surface area contributed by atoms with Gasteiger partial charge in [0.2, 0.25) is 5.16 Å². The first-order chi connectivity index (χ1) is 13.7. The number of carbonyl (C=O) groups is 1. The lowest BCUT2D eigenvalue weighted by Gasteiger charge is -2.14. The molecule has 0 unspecified atom stereocenters. The summed E-state index contributed by atoms with van der Waals surface area (Å²) in [6.45, 7) is 2.05. The van der Waals surface area contributed by atoms with E-state index in [-0.39, 0.29) is 5.78 Å². The highest BCUT2D eigenvalue weighted by Crippen LogP contribution is 2.36. The zero-order chi connectivity index (χ0) is 19.3.